The Kier molecular flexibility index (Phi) is 4.32. The Labute approximate surface area is 152 Å². The summed E-state index contributed by atoms with van der Waals surface area (Å²) in [6.45, 7) is 0.203. The predicted octanol–water partition coefficient (Wildman–Crippen LogP) is 4.37. The number of benzene rings is 2. The van der Waals surface area contributed by atoms with Crippen molar-refractivity contribution in [3.8, 4) is 16.9 Å². The number of carbonyl (C=O) groups is 1. The van der Waals surface area contributed by atoms with Gasteiger partial charge in [0.1, 0.15) is 5.75 Å². The zero-order valence-electron chi connectivity index (χ0n) is 14.8. The summed E-state index contributed by atoms with van der Waals surface area (Å²) in [6, 6.07) is 14.1. The number of carboxylic acid groups (broad SMARTS) is 1. The van der Waals surface area contributed by atoms with Crippen LogP contribution in [-0.2, 0) is 11.2 Å². The molecule has 1 unspecified atom stereocenters. The molecule has 2 aromatic rings. The predicted molar refractivity (Wildman–Crippen MR) is 98.3 cm³/mol. The zero-order valence-corrected chi connectivity index (χ0v) is 14.8. The van der Waals surface area contributed by atoms with Gasteiger partial charge >= 0.3 is 6.09 Å². The van der Waals surface area contributed by atoms with Gasteiger partial charge in [-0.25, -0.2) is 4.79 Å². The molecule has 2 N–H and O–H groups in total. The van der Waals surface area contributed by atoms with Gasteiger partial charge < -0.3 is 19.9 Å². The van der Waals surface area contributed by atoms with E-state index in [4.69, 9.17) is 9.47 Å². The number of methoxy groups -OCH3 is 1. The van der Waals surface area contributed by atoms with E-state index in [9.17, 15) is 9.90 Å². The normalized spacial score (nSPS) is 19.7. The van der Waals surface area contributed by atoms with Crippen LogP contribution in [0.2, 0.25) is 0 Å². The second-order valence-electron chi connectivity index (χ2n) is 7.21. The first-order chi connectivity index (χ1) is 12.6. The molecule has 1 fully saturated rings. The van der Waals surface area contributed by atoms with Crippen LogP contribution in [0.3, 0.4) is 0 Å². The molecule has 0 heterocycles. The number of hydrogen-bond acceptors (Lipinski definition) is 3. The molecule has 1 spiro atoms. The first-order valence-electron chi connectivity index (χ1n) is 8.96. The number of para-hydroxylation sites is 1. The van der Waals surface area contributed by atoms with E-state index in [0.717, 1.165) is 48.1 Å². The van der Waals surface area contributed by atoms with Gasteiger partial charge in [-0.2, -0.15) is 0 Å². The third kappa shape index (κ3) is 3.03. The summed E-state index contributed by atoms with van der Waals surface area (Å²) in [4.78, 5) is 11.3. The SMILES string of the molecule is COCOc1ccccc1-c1ccc2c(c1)CCC1(CC1)C2NC(=O)O. The molecule has 2 aliphatic carbocycles. The van der Waals surface area contributed by atoms with Gasteiger partial charge in [-0.15, -0.1) is 0 Å². The average molecular weight is 353 g/mol. The molecule has 2 aromatic carbocycles. The molecule has 0 bridgehead atoms. The molecule has 0 aliphatic heterocycles. The van der Waals surface area contributed by atoms with Crippen LogP contribution in [0, 0.1) is 5.41 Å². The second kappa shape index (κ2) is 6.65. The van der Waals surface area contributed by atoms with Crippen molar-refractivity contribution in [2.75, 3.05) is 13.9 Å². The Hall–Kier alpha value is -2.53. The van der Waals surface area contributed by atoms with Gasteiger partial charge in [0.2, 0.25) is 0 Å². The van der Waals surface area contributed by atoms with Gasteiger partial charge in [0, 0.05) is 12.7 Å². The third-order valence-electron chi connectivity index (χ3n) is 5.65. The van der Waals surface area contributed by atoms with Crippen LogP contribution >= 0.6 is 0 Å². The van der Waals surface area contributed by atoms with E-state index < -0.39 is 6.09 Å². The number of fused-ring (bicyclic) bond motifs is 1. The molecule has 5 nitrogen and oxygen atoms in total. The van der Waals surface area contributed by atoms with E-state index >= 15 is 0 Å². The molecule has 0 radical (unpaired) electrons. The van der Waals surface area contributed by atoms with Crippen LogP contribution in [-0.4, -0.2) is 25.1 Å². The lowest BCUT2D eigenvalue weighted by Gasteiger charge is -2.34. The topological polar surface area (TPSA) is 67.8 Å². The Balaban J connectivity index is 1.69. The Bertz CT molecular complexity index is 829. The standard InChI is InChI=1S/C21H23NO4/c1-25-13-26-18-5-3-2-4-16(18)14-6-7-17-15(12-14)8-9-21(10-11-21)19(17)22-20(23)24/h2-7,12,19,22H,8-11,13H2,1H3,(H,23,24). The maximum absolute atomic E-state index is 11.3. The Morgan fingerprint density at radius 3 is 2.77 bits per heavy atom. The van der Waals surface area contributed by atoms with Crippen LogP contribution in [0.4, 0.5) is 4.79 Å². The molecular formula is C21H23NO4. The van der Waals surface area contributed by atoms with Crippen molar-refractivity contribution in [3.05, 3.63) is 53.6 Å². The number of nitrogens with one attached hydrogen (secondary N) is 1. The number of ether oxygens (including phenoxy) is 2. The average Bonchev–Trinajstić information content (AvgIpc) is 3.43. The summed E-state index contributed by atoms with van der Waals surface area (Å²) < 4.78 is 10.7. The second-order valence-corrected chi connectivity index (χ2v) is 7.21. The maximum Gasteiger partial charge on any atom is 0.405 e. The number of aryl methyl sites for hydroxylation is 1. The van der Waals surface area contributed by atoms with Gasteiger partial charge in [-0.3, -0.25) is 0 Å². The lowest BCUT2D eigenvalue weighted by molar-refractivity contribution is 0.0515. The van der Waals surface area contributed by atoms with Gasteiger partial charge in [-0.1, -0.05) is 36.4 Å². The van der Waals surface area contributed by atoms with Crippen molar-refractivity contribution < 1.29 is 19.4 Å². The summed E-state index contributed by atoms with van der Waals surface area (Å²) in [5.74, 6) is 0.781. The molecule has 1 atom stereocenters. The minimum absolute atomic E-state index is 0.0993. The quantitative estimate of drug-likeness (QED) is 0.783. The fourth-order valence-electron chi connectivity index (χ4n) is 4.14. The fraction of sp³-hybridized carbons (Fsp3) is 0.381. The van der Waals surface area contributed by atoms with Crippen molar-refractivity contribution >= 4 is 6.09 Å². The van der Waals surface area contributed by atoms with E-state index in [0.29, 0.717) is 0 Å². The molecule has 1 amide bonds. The summed E-state index contributed by atoms with van der Waals surface area (Å²) >= 11 is 0. The molecule has 0 aromatic heterocycles. The van der Waals surface area contributed by atoms with Crippen molar-refractivity contribution in [3.63, 3.8) is 0 Å². The monoisotopic (exact) mass is 353 g/mol. The lowest BCUT2D eigenvalue weighted by atomic mass is 9.76. The van der Waals surface area contributed by atoms with Gasteiger partial charge in [0.05, 0.1) is 6.04 Å². The number of amides is 1. The summed E-state index contributed by atoms with van der Waals surface area (Å²) in [5, 5.41) is 12.0. The molecule has 1 saturated carbocycles. The lowest BCUT2D eigenvalue weighted by Crippen LogP contribution is -2.36. The van der Waals surface area contributed by atoms with Gasteiger partial charge in [0.15, 0.2) is 6.79 Å². The van der Waals surface area contributed by atoms with Crippen LogP contribution < -0.4 is 10.1 Å². The van der Waals surface area contributed by atoms with Gasteiger partial charge in [0.25, 0.3) is 0 Å². The molecular weight excluding hydrogens is 330 g/mol. The maximum atomic E-state index is 11.3. The molecule has 4 rings (SSSR count). The van der Waals surface area contributed by atoms with Crippen molar-refractivity contribution in [1.29, 1.82) is 0 Å². The highest BCUT2D eigenvalue weighted by Crippen LogP contribution is 2.61. The number of rotatable bonds is 5. The molecule has 26 heavy (non-hydrogen) atoms. The minimum atomic E-state index is -0.948. The zero-order chi connectivity index (χ0) is 18.1. The van der Waals surface area contributed by atoms with Crippen LogP contribution in [0.5, 0.6) is 5.75 Å². The summed E-state index contributed by atoms with van der Waals surface area (Å²) in [5.41, 5.74) is 4.57. The Morgan fingerprint density at radius 1 is 1.23 bits per heavy atom. The third-order valence-corrected chi connectivity index (χ3v) is 5.65. The molecule has 0 saturated heterocycles. The summed E-state index contributed by atoms with van der Waals surface area (Å²) in [6.07, 6.45) is 3.29. The smallest absolute Gasteiger partial charge is 0.405 e. The molecule has 5 heteroatoms. The van der Waals surface area contributed by atoms with E-state index in [1.807, 2.05) is 24.3 Å². The Morgan fingerprint density at radius 2 is 2.04 bits per heavy atom. The van der Waals surface area contributed by atoms with Crippen LogP contribution in [0.1, 0.15) is 36.4 Å². The highest BCUT2D eigenvalue weighted by molar-refractivity contribution is 5.72. The van der Waals surface area contributed by atoms with Gasteiger partial charge in [-0.05, 0) is 53.9 Å². The van der Waals surface area contributed by atoms with Crippen LogP contribution in [0.25, 0.3) is 11.1 Å². The van der Waals surface area contributed by atoms with Crippen molar-refractivity contribution in [2.45, 2.75) is 31.7 Å². The first-order valence-corrected chi connectivity index (χ1v) is 8.96. The van der Waals surface area contributed by atoms with E-state index in [2.05, 4.69) is 23.5 Å². The number of hydrogen-bond donors (Lipinski definition) is 2. The highest BCUT2D eigenvalue weighted by Gasteiger charge is 2.52. The van der Waals surface area contributed by atoms with Crippen molar-refractivity contribution in [2.24, 2.45) is 5.41 Å². The summed E-state index contributed by atoms with van der Waals surface area (Å²) in [7, 11) is 1.60. The fourth-order valence-corrected chi connectivity index (χ4v) is 4.14. The van der Waals surface area contributed by atoms with E-state index in [-0.39, 0.29) is 18.2 Å². The van der Waals surface area contributed by atoms with Crippen molar-refractivity contribution in [1.82, 2.24) is 5.32 Å². The molecule has 2 aliphatic rings. The molecule has 136 valence electrons. The largest absolute Gasteiger partial charge is 0.467 e. The highest BCUT2D eigenvalue weighted by atomic mass is 16.7. The van der Waals surface area contributed by atoms with Crippen LogP contribution in [0.15, 0.2) is 42.5 Å². The van der Waals surface area contributed by atoms with E-state index in [1.54, 1.807) is 7.11 Å². The first kappa shape index (κ1) is 16.9. The van der Waals surface area contributed by atoms with E-state index in [1.165, 1.54) is 5.56 Å². The minimum Gasteiger partial charge on any atom is -0.467 e.